The van der Waals surface area contributed by atoms with Crippen molar-refractivity contribution in [3.63, 3.8) is 0 Å². The lowest BCUT2D eigenvalue weighted by atomic mass is 9.93. The van der Waals surface area contributed by atoms with E-state index in [9.17, 15) is 28.1 Å². The fourth-order valence-electron chi connectivity index (χ4n) is 2.47. The normalized spacial score (nSPS) is 11.2. The van der Waals surface area contributed by atoms with E-state index >= 15 is 0 Å². The van der Waals surface area contributed by atoms with Crippen LogP contribution in [-0.4, -0.2) is 10.9 Å². The lowest BCUT2D eigenvalue weighted by molar-refractivity contribution is -0.384. The first-order valence-corrected chi connectivity index (χ1v) is 7.30. The van der Waals surface area contributed by atoms with Crippen molar-refractivity contribution in [2.75, 3.05) is 0 Å². The first-order valence-electron chi connectivity index (χ1n) is 7.30. The van der Waals surface area contributed by atoms with Crippen LogP contribution in [0.2, 0.25) is 0 Å². The van der Waals surface area contributed by atoms with Crippen LogP contribution in [0, 0.1) is 10.1 Å². The highest BCUT2D eigenvalue weighted by atomic mass is 19.4. The van der Waals surface area contributed by atoms with Crippen molar-refractivity contribution in [3.8, 4) is 16.9 Å². The number of hydrogen-bond acceptors (Lipinski definition) is 4. The lowest BCUT2D eigenvalue weighted by Crippen LogP contribution is -2.10. The number of halogens is 3. The second kappa shape index (κ2) is 6.92. The summed E-state index contributed by atoms with van der Waals surface area (Å²) in [4.78, 5) is 21.2. The Balaban J connectivity index is 2.66. The number of rotatable bonds is 4. The molecule has 0 radical (unpaired) electrons. The fraction of sp³-hybridized carbons (Fsp3) is 0.235. The number of non-ortho nitro benzene ring substituents is 1. The van der Waals surface area contributed by atoms with Gasteiger partial charge in [-0.3, -0.25) is 14.9 Å². The topological polar surface area (TPSA) is 69.4 Å². The molecule has 0 spiro atoms. The molecule has 0 bridgehead atoms. The summed E-state index contributed by atoms with van der Waals surface area (Å²) >= 11 is 0. The predicted octanol–water partition coefficient (Wildman–Crippen LogP) is 4.77. The van der Waals surface area contributed by atoms with Gasteiger partial charge in [0.25, 0.3) is 5.69 Å². The molecule has 132 valence electrons. The van der Waals surface area contributed by atoms with E-state index in [-0.39, 0.29) is 22.6 Å². The number of esters is 1. The quantitative estimate of drug-likeness (QED) is 0.344. The molecule has 0 unspecified atom stereocenters. The van der Waals surface area contributed by atoms with Crippen LogP contribution in [0.4, 0.5) is 18.9 Å². The zero-order valence-electron chi connectivity index (χ0n) is 13.4. The molecular formula is C17H14F3NO4. The summed E-state index contributed by atoms with van der Waals surface area (Å²) in [6.45, 7) is 2.79. The Morgan fingerprint density at radius 1 is 1.16 bits per heavy atom. The van der Waals surface area contributed by atoms with Crippen molar-refractivity contribution < 1.29 is 27.6 Å². The van der Waals surface area contributed by atoms with Gasteiger partial charge in [0.2, 0.25) is 0 Å². The first-order chi connectivity index (χ1) is 11.6. The first kappa shape index (κ1) is 18.4. The monoisotopic (exact) mass is 353 g/mol. The van der Waals surface area contributed by atoms with Crippen molar-refractivity contribution in [1.82, 2.24) is 0 Å². The minimum atomic E-state index is -4.68. The summed E-state index contributed by atoms with van der Waals surface area (Å²) in [6, 6.07) is 6.92. The van der Waals surface area contributed by atoms with Crippen LogP contribution in [0.15, 0.2) is 36.4 Å². The molecule has 2 rings (SSSR count). The van der Waals surface area contributed by atoms with Crippen molar-refractivity contribution >= 4 is 11.7 Å². The molecule has 8 heteroatoms. The van der Waals surface area contributed by atoms with Gasteiger partial charge in [0, 0.05) is 19.1 Å². The highest BCUT2D eigenvalue weighted by molar-refractivity contribution is 5.75. The average molecular weight is 353 g/mol. The van der Waals surface area contributed by atoms with Crippen LogP contribution < -0.4 is 4.74 Å². The van der Waals surface area contributed by atoms with Crippen LogP contribution in [0.3, 0.4) is 0 Å². The Kier molecular flexibility index (Phi) is 5.10. The van der Waals surface area contributed by atoms with Crippen molar-refractivity contribution in [2.24, 2.45) is 0 Å². The molecule has 0 aliphatic carbocycles. The SMILES string of the molecule is CCc1cc([N+](=O)[O-])ccc1-c1ccc(OC(C)=O)cc1C(F)(F)F. The maximum atomic E-state index is 13.4. The third-order valence-electron chi connectivity index (χ3n) is 3.53. The summed E-state index contributed by atoms with van der Waals surface area (Å²) < 4.78 is 45.1. The smallest absolute Gasteiger partial charge is 0.417 e. The lowest BCUT2D eigenvalue weighted by Gasteiger charge is -2.16. The molecule has 0 N–H and O–H groups in total. The van der Waals surface area contributed by atoms with Gasteiger partial charge in [-0.05, 0) is 41.3 Å². The molecule has 0 amide bonds. The number of benzene rings is 2. The molecule has 0 heterocycles. The molecule has 5 nitrogen and oxygen atoms in total. The number of ether oxygens (including phenoxy) is 1. The van der Waals surface area contributed by atoms with Crippen LogP contribution >= 0.6 is 0 Å². The van der Waals surface area contributed by atoms with Gasteiger partial charge in [-0.25, -0.2) is 0 Å². The highest BCUT2D eigenvalue weighted by Gasteiger charge is 2.35. The average Bonchev–Trinajstić information content (AvgIpc) is 2.52. The van der Waals surface area contributed by atoms with Gasteiger partial charge in [0.1, 0.15) is 5.75 Å². The van der Waals surface area contributed by atoms with Gasteiger partial charge in [0.05, 0.1) is 10.5 Å². The number of nitrogens with zero attached hydrogens (tertiary/aromatic N) is 1. The number of nitro groups is 1. The Labute approximate surface area is 141 Å². The Morgan fingerprint density at radius 3 is 2.32 bits per heavy atom. The zero-order valence-corrected chi connectivity index (χ0v) is 13.4. The molecule has 0 aliphatic rings. The molecule has 2 aromatic carbocycles. The largest absolute Gasteiger partial charge is 0.427 e. The number of carbonyl (C=O) groups excluding carboxylic acids is 1. The van der Waals surface area contributed by atoms with E-state index in [1.807, 2.05) is 0 Å². The van der Waals surface area contributed by atoms with Crippen molar-refractivity contribution in [2.45, 2.75) is 26.4 Å². The van der Waals surface area contributed by atoms with E-state index in [1.54, 1.807) is 6.92 Å². The zero-order chi connectivity index (χ0) is 18.8. The number of carbonyl (C=O) groups is 1. The van der Waals surface area contributed by atoms with Crippen molar-refractivity contribution in [3.05, 3.63) is 57.6 Å². The summed E-state index contributed by atoms with van der Waals surface area (Å²) in [5.41, 5.74) is -0.634. The van der Waals surface area contributed by atoms with Gasteiger partial charge in [-0.2, -0.15) is 13.2 Å². The third kappa shape index (κ3) is 4.14. The number of alkyl halides is 3. The van der Waals surface area contributed by atoms with Gasteiger partial charge < -0.3 is 4.74 Å². The fourth-order valence-corrected chi connectivity index (χ4v) is 2.47. The Bertz CT molecular complexity index is 831. The number of nitro benzene ring substituents is 1. The van der Waals surface area contributed by atoms with Gasteiger partial charge in [0.15, 0.2) is 0 Å². The van der Waals surface area contributed by atoms with E-state index in [1.165, 1.54) is 24.3 Å². The van der Waals surface area contributed by atoms with Crippen LogP contribution in [0.25, 0.3) is 11.1 Å². The second-order valence-electron chi connectivity index (χ2n) is 5.25. The predicted molar refractivity (Wildman–Crippen MR) is 84.2 cm³/mol. The number of aryl methyl sites for hydroxylation is 1. The second-order valence-corrected chi connectivity index (χ2v) is 5.25. The molecule has 0 saturated carbocycles. The summed E-state index contributed by atoms with van der Waals surface area (Å²) in [5, 5.41) is 10.9. The van der Waals surface area contributed by atoms with Crippen molar-refractivity contribution in [1.29, 1.82) is 0 Å². The van der Waals surface area contributed by atoms with E-state index in [0.29, 0.717) is 12.0 Å². The standard InChI is InChI=1S/C17H14F3NO4/c1-3-11-8-12(21(23)24)4-6-14(11)15-7-5-13(25-10(2)22)9-16(15)17(18,19)20/h4-9H,3H2,1-2H3. The molecule has 2 aromatic rings. The van der Waals surface area contributed by atoms with Gasteiger partial charge in [-0.15, -0.1) is 0 Å². The summed E-state index contributed by atoms with van der Waals surface area (Å²) in [5.74, 6) is -0.950. The third-order valence-corrected chi connectivity index (χ3v) is 3.53. The van der Waals surface area contributed by atoms with Crippen LogP contribution in [0.1, 0.15) is 25.0 Å². The van der Waals surface area contributed by atoms with Gasteiger partial charge >= 0.3 is 12.1 Å². The Hall–Kier alpha value is -2.90. The van der Waals surface area contributed by atoms with E-state index in [2.05, 4.69) is 0 Å². The minimum absolute atomic E-state index is 0.129. The molecular weight excluding hydrogens is 339 g/mol. The van der Waals surface area contributed by atoms with E-state index < -0.39 is 22.6 Å². The minimum Gasteiger partial charge on any atom is -0.427 e. The highest BCUT2D eigenvalue weighted by Crippen LogP contribution is 2.41. The maximum absolute atomic E-state index is 13.4. The maximum Gasteiger partial charge on any atom is 0.417 e. The molecule has 0 atom stereocenters. The molecule has 0 aliphatic heterocycles. The Morgan fingerprint density at radius 2 is 1.80 bits per heavy atom. The summed E-state index contributed by atoms with van der Waals surface area (Å²) in [7, 11) is 0. The molecule has 0 fully saturated rings. The van der Waals surface area contributed by atoms with E-state index in [4.69, 9.17) is 4.74 Å². The van der Waals surface area contributed by atoms with Crippen LogP contribution in [0.5, 0.6) is 5.75 Å². The molecule has 0 saturated heterocycles. The van der Waals surface area contributed by atoms with E-state index in [0.717, 1.165) is 19.1 Å². The summed E-state index contributed by atoms with van der Waals surface area (Å²) in [6.07, 6.45) is -4.36. The molecule has 25 heavy (non-hydrogen) atoms. The van der Waals surface area contributed by atoms with Crippen LogP contribution in [-0.2, 0) is 17.4 Å². The van der Waals surface area contributed by atoms with Gasteiger partial charge in [-0.1, -0.05) is 13.0 Å². The number of hydrogen-bond donors (Lipinski definition) is 0. The molecule has 0 aromatic heterocycles.